The van der Waals surface area contributed by atoms with Gasteiger partial charge in [0.15, 0.2) is 5.78 Å². The predicted molar refractivity (Wildman–Crippen MR) is 120 cm³/mol. The molecule has 3 aromatic rings. The van der Waals surface area contributed by atoms with Crippen molar-refractivity contribution in [3.05, 3.63) is 82.5 Å². The van der Waals surface area contributed by atoms with Crippen LogP contribution in [0.2, 0.25) is 5.02 Å². The van der Waals surface area contributed by atoms with Crippen LogP contribution >= 0.6 is 11.6 Å². The van der Waals surface area contributed by atoms with E-state index in [1.165, 1.54) is 20.2 Å². The normalized spacial score (nSPS) is 11.5. The van der Waals surface area contributed by atoms with Crippen LogP contribution in [-0.2, 0) is 4.79 Å². The maximum absolute atomic E-state index is 13.0. The summed E-state index contributed by atoms with van der Waals surface area (Å²) in [6.07, 6.45) is 1.00. The molecule has 0 spiro atoms. The van der Waals surface area contributed by atoms with E-state index < -0.39 is 17.9 Å². The Morgan fingerprint density at radius 3 is 2.50 bits per heavy atom. The molecule has 3 rings (SSSR count). The van der Waals surface area contributed by atoms with Gasteiger partial charge in [-0.3, -0.25) is 14.4 Å². The van der Waals surface area contributed by atoms with E-state index in [1.807, 2.05) is 0 Å². The Kier molecular flexibility index (Phi) is 7.22. The highest BCUT2D eigenvalue weighted by atomic mass is 35.5. The number of ketones is 1. The Bertz CT molecular complexity index is 1180. The van der Waals surface area contributed by atoms with E-state index in [2.05, 4.69) is 10.3 Å². The molecule has 2 aromatic carbocycles. The maximum Gasteiger partial charge on any atom is 0.305 e. The van der Waals surface area contributed by atoms with Crippen molar-refractivity contribution in [1.82, 2.24) is 10.3 Å². The molecule has 0 aliphatic carbocycles. The third-order valence-electron chi connectivity index (χ3n) is 4.85. The average Bonchev–Trinajstić information content (AvgIpc) is 2.78. The number of ether oxygens (including phenoxy) is 1. The number of nitrogens with one attached hydrogen (secondary N) is 1. The number of pyridine rings is 1. The van der Waals surface area contributed by atoms with Gasteiger partial charge in [-0.25, -0.2) is 4.98 Å². The summed E-state index contributed by atoms with van der Waals surface area (Å²) in [5.41, 5.74) is 2.40. The summed E-state index contributed by atoms with van der Waals surface area (Å²) in [4.78, 5) is 40.3. The Hall–Kier alpha value is -3.71. The number of aromatic nitrogens is 1. The molecule has 1 amide bonds. The number of carbonyl (C=O) groups excluding carboxylic acids is 2. The molecule has 164 valence electrons. The lowest BCUT2D eigenvalue weighted by Gasteiger charge is -2.19. The largest absolute Gasteiger partial charge is 0.481 e. The van der Waals surface area contributed by atoms with Gasteiger partial charge in [-0.1, -0.05) is 48.0 Å². The van der Waals surface area contributed by atoms with Crippen LogP contribution in [0.3, 0.4) is 0 Å². The standard InChI is InChI=1S/C24H21ClN2O5/c1-14(28)15-6-5-7-16(10-15)19-11-17(13-26-24(19)32-2)23(31)27-21(12-22(29)30)18-8-3-4-9-20(18)25/h3-11,13,21H,12H2,1-2H3,(H,27,31)(H,29,30)/t21-/m0/s1. The van der Waals surface area contributed by atoms with Crippen LogP contribution in [0.5, 0.6) is 5.88 Å². The highest BCUT2D eigenvalue weighted by molar-refractivity contribution is 6.31. The van der Waals surface area contributed by atoms with E-state index in [-0.39, 0.29) is 23.6 Å². The summed E-state index contributed by atoms with van der Waals surface area (Å²) in [7, 11) is 1.46. The molecule has 0 fully saturated rings. The van der Waals surface area contributed by atoms with E-state index in [9.17, 15) is 19.5 Å². The van der Waals surface area contributed by atoms with Crippen LogP contribution in [0.15, 0.2) is 60.8 Å². The van der Waals surface area contributed by atoms with Gasteiger partial charge in [-0.05, 0) is 36.2 Å². The highest BCUT2D eigenvalue weighted by Crippen LogP contribution is 2.30. The molecule has 0 aliphatic heterocycles. The fourth-order valence-corrected chi connectivity index (χ4v) is 3.53. The number of carboxylic acid groups (broad SMARTS) is 1. The van der Waals surface area contributed by atoms with Gasteiger partial charge in [0.1, 0.15) is 0 Å². The number of carbonyl (C=O) groups is 3. The summed E-state index contributed by atoms with van der Waals surface area (Å²) >= 11 is 6.22. The maximum atomic E-state index is 13.0. The zero-order chi connectivity index (χ0) is 23.3. The summed E-state index contributed by atoms with van der Waals surface area (Å²) < 4.78 is 5.33. The molecule has 1 heterocycles. The van der Waals surface area contributed by atoms with Gasteiger partial charge < -0.3 is 15.2 Å². The number of benzene rings is 2. The fourth-order valence-electron chi connectivity index (χ4n) is 3.26. The lowest BCUT2D eigenvalue weighted by Crippen LogP contribution is -2.30. The Balaban J connectivity index is 1.96. The topological polar surface area (TPSA) is 106 Å². The number of hydrogen-bond donors (Lipinski definition) is 2. The number of carboxylic acids is 1. The van der Waals surface area contributed by atoms with Crippen LogP contribution in [0.1, 0.15) is 45.7 Å². The molecule has 0 radical (unpaired) electrons. The van der Waals surface area contributed by atoms with Gasteiger partial charge in [0, 0.05) is 22.3 Å². The number of halogens is 1. The molecular weight excluding hydrogens is 432 g/mol. The third kappa shape index (κ3) is 5.31. The predicted octanol–water partition coefficient (Wildman–Crippen LogP) is 4.56. The SMILES string of the molecule is COc1ncc(C(=O)N[C@@H](CC(=O)O)c2ccccc2Cl)cc1-c1cccc(C(C)=O)c1. The Morgan fingerprint density at radius 2 is 1.84 bits per heavy atom. The van der Waals surface area contributed by atoms with E-state index in [0.717, 1.165) is 0 Å². The summed E-state index contributed by atoms with van der Waals surface area (Å²) in [6, 6.07) is 14.4. The van der Waals surface area contributed by atoms with Gasteiger partial charge in [0.2, 0.25) is 5.88 Å². The number of methoxy groups -OCH3 is 1. The van der Waals surface area contributed by atoms with Crippen LogP contribution < -0.4 is 10.1 Å². The fraction of sp³-hybridized carbons (Fsp3) is 0.167. The zero-order valence-electron chi connectivity index (χ0n) is 17.5. The molecule has 0 aliphatic rings. The zero-order valence-corrected chi connectivity index (χ0v) is 18.2. The van der Waals surface area contributed by atoms with E-state index in [1.54, 1.807) is 54.6 Å². The van der Waals surface area contributed by atoms with Gasteiger partial charge in [0.25, 0.3) is 5.91 Å². The Morgan fingerprint density at radius 1 is 1.09 bits per heavy atom. The van der Waals surface area contributed by atoms with Crippen LogP contribution in [0.25, 0.3) is 11.1 Å². The molecule has 0 bridgehead atoms. The molecule has 0 saturated carbocycles. The first-order valence-corrected chi connectivity index (χ1v) is 10.1. The van der Waals surface area contributed by atoms with Crippen molar-refractivity contribution < 1.29 is 24.2 Å². The first-order chi connectivity index (χ1) is 15.3. The number of amides is 1. The van der Waals surface area contributed by atoms with Crippen molar-refractivity contribution >= 4 is 29.3 Å². The van der Waals surface area contributed by atoms with Crippen molar-refractivity contribution in [3.63, 3.8) is 0 Å². The molecule has 1 atom stereocenters. The first kappa shape index (κ1) is 23.0. The van der Waals surface area contributed by atoms with Crippen molar-refractivity contribution in [2.45, 2.75) is 19.4 Å². The highest BCUT2D eigenvalue weighted by Gasteiger charge is 2.22. The number of rotatable bonds is 8. The van der Waals surface area contributed by atoms with Crippen LogP contribution in [-0.4, -0.2) is 34.9 Å². The second kappa shape index (κ2) is 10.1. The second-order valence-corrected chi connectivity index (χ2v) is 7.47. The third-order valence-corrected chi connectivity index (χ3v) is 5.20. The lowest BCUT2D eigenvalue weighted by atomic mass is 10.0. The molecular formula is C24H21ClN2O5. The van der Waals surface area contributed by atoms with Crippen molar-refractivity contribution in [1.29, 1.82) is 0 Å². The van der Waals surface area contributed by atoms with Gasteiger partial charge in [-0.2, -0.15) is 0 Å². The minimum absolute atomic E-state index is 0.0936. The van der Waals surface area contributed by atoms with Gasteiger partial charge in [-0.15, -0.1) is 0 Å². The monoisotopic (exact) mass is 452 g/mol. The number of hydrogen-bond acceptors (Lipinski definition) is 5. The summed E-state index contributed by atoms with van der Waals surface area (Å²) in [6.45, 7) is 1.47. The van der Waals surface area contributed by atoms with E-state index in [0.29, 0.717) is 27.3 Å². The second-order valence-electron chi connectivity index (χ2n) is 7.06. The quantitative estimate of drug-likeness (QED) is 0.485. The molecule has 32 heavy (non-hydrogen) atoms. The summed E-state index contributed by atoms with van der Waals surface area (Å²) in [5, 5.41) is 12.4. The van der Waals surface area contributed by atoms with E-state index in [4.69, 9.17) is 16.3 Å². The molecule has 2 N–H and O–H groups in total. The molecule has 7 nitrogen and oxygen atoms in total. The molecule has 8 heteroatoms. The van der Waals surface area contributed by atoms with Gasteiger partial charge >= 0.3 is 5.97 Å². The number of nitrogens with zero attached hydrogens (tertiary/aromatic N) is 1. The van der Waals surface area contributed by atoms with Crippen molar-refractivity contribution in [2.24, 2.45) is 0 Å². The smallest absolute Gasteiger partial charge is 0.305 e. The Labute approximate surface area is 190 Å². The minimum Gasteiger partial charge on any atom is -0.481 e. The number of aliphatic carboxylic acids is 1. The van der Waals surface area contributed by atoms with E-state index >= 15 is 0 Å². The molecule has 0 saturated heterocycles. The minimum atomic E-state index is -1.08. The summed E-state index contributed by atoms with van der Waals surface area (Å²) in [5.74, 6) is -1.40. The molecule has 1 aromatic heterocycles. The lowest BCUT2D eigenvalue weighted by molar-refractivity contribution is -0.137. The average molecular weight is 453 g/mol. The van der Waals surface area contributed by atoms with Crippen LogP contribution in [0, 0.1) is 0 Å². The number of Topliss-reactive ketones (excluding diaryl/α,β-unsaturated/α-hetero) is 1. The van der Waals surface area contributed by atoms with Crippen molar-refractivity contribution in [2.75, 3.05) is 7.11 Å². The van der Waals surface area contributed by atoms with Gasteiger partial charge in [0.05, 0.1) is 25.1 Å². The molecule has 0 unspecified atom stereocenters. The first-order valence-electron chi connectivity index (χ1n) is 9.72. The van der Waals surface area contributed by atoms with Crippen molar-refractivity contribution in [3.8, 4) is 17.0 Å². The van der Waals surface area contributed by atoms with Crippen LogP contribution in [0.4, 0.5) is 0 Å².